The van der Waals surface area contributed by atoms with E-state index in [-0.39, 0.29) is 5.54 Å². The van der Waals surface area contributed by atoms with Crippen LogP contribution in [0.5, 0.6) is 0 Å². The Bertz CT molecular complexity index is 403. The lowest BCUT2D eigenvalue weighted by molar-refractivity contribution is 0.0773. The highest BCUT2D eigenvalue weighted by Gasteiger charge is 2.18. The molecule has 0 saturated carbocycles. The zero-order valence-electron chi connectivity index (χ0n) is 13.2. The predicted molar refractivity (Wildman–Crippen MR) is 80.6 cm³/mol. The molecule has 20 heavy (non-hydrogen) atoms. The Morgan fingerprint density at radius 3 is 2.70 bits per heavy atom. The second kappa shape index (κ2) is 6.74. The van der Waals surface area contributed by atoms with E-state index in [9.17, 15) is 0 Å². The van der Waals surface area contributed by atoms with Crippen LogP contribution in [0.1, 0.15) is 45.1 Å². The Morgan fingerprint density at radius 2 is 2.05 bits per heavy atom. The van der Waals surface area contributed by atoms with Crippen LogP contribution in [0, 0.1) is 0 Å². The monoisotopic (exact) mass is 280 g/mol. The Balaban J connectivity index is 1.76. The van der Waals surface area contributed by atoms with Crippen molar-refractivity contribution in [2.45, 2.75) is 58.3 Å². The Morgan fingerprint density at radius 1 is 1.30 bits per heavy atom. The summed E-state index contributed by atoms with van der Waals surface area (Å²) in [5.74, 6) is 2.02. The molecule has 0 spiro atoms. The highest BCUT2D eigenvalue weighted by molar-refractivity contribution is 5.07. The van der Waals surface area contributed by atoms with Gasteiger partial charge in [-0.2, -0.15) is 0 Å². The quantitative estimate of drug-likeness (QED) is 0.869. The third kappa shape index (κ3) is 5.27. The predicted octanol–water partition coefficient (Wildman–Crippen LogP) is 2.78. The molecule has 1 aliphatic heterocycles. The zero-order valence-corrected chi connectivity index (χ0v) is 13.2. The van der Waals surface area contributed by atoms with Gasteiger partial charge >= 0.3 is 0 Å². The Hall–Kier alpha value is -0.840. The van der Waals surface area contributed by atoms with Crippen LogP contribution in [0.25, 0.3) is 0 Å². The summed E-state index contributed by atoms with van der Waals surface area (Å²) in [6, 6.07) is 4.14. The molecule has 1 atom stereocenters. The van der Waals surface area contributed by atoms with Gasteiger partial charge in [-0.25, -0.2) is 0 Å². The van der Waals surface area contributed by atoms with E-state index in [1.54, 1.807) is 0 Å². The van der Waals surface area contributed by atoms with Crippen molar-refractivity contribution in [3.63, 3.8) is 0 Å². The largest absolute Gasteiger partial charge is 0.463 e. The van der Waals surface area contributed by atoms with Crippen molar-refractivity contribution in [1.82, 2.24) is 10.2 Å². The van der Waals surface area contributed by atoms with Crippen molar-refractivity contribution in [3.05, 3.63) is 23.7 Å². The summed E-state index contributed by atoms with van der Waals surface area (Å²) in [7, 11) is 2.12. The fourth-order valence-corrected chi connectivity index (χ4v) is 2.42. The highest BCUT2D eigenvalue weighted by atomic mass is 16.5. The number of hydrogen-bond donors (Lipinski definition) is 1. The fourth-order valence-electron chi connectivity index (χ4n) is 2.42. The summed E-state index contributed by atoms with van der Waals surface area (Å²) in [6.45, 7) is 10.00. The normalized spacial score (nSPS) is 19.9. The van der Waals surface area contributed by atoms with Crippen molar-refractivity contribution >= 4 is 0 Å². The summed E-state index contributed by atoms with van der Waals surface area (Å²) >= 11 is 0. The van der Waals surface area contributed by atoms with E-state index in [1.165, 1.54) is 12.8 Å². The van der Waals surface area contributed by atoms with E-state index in [0.717, 1.165) is 37.8 Å². The molecule has 1 aliphatic rings. The molecule has 0 aromatic carbocycles. The number of nitrogens with one attached hydrogen (secondary N) is 1. The lowest BCUT2D eigenvalue weighted by atomic mass is 10.1. The maximum Gasteiger partial charge on any atom is 0.118 e. The van der Waals surface area contributed by atoms with Crippen molar-refractivity contribution in [2.75, 3.05) is 20.2 Å². The SMILES string of the molecule is CN(Cc1ccc(CNC(C)(C)C)o1)CC1CCCO1. The number of hydrogen-bond acceptors (Lipinski definition) is 4. The molecule has 1 aromatic heterocycles. The minimum absolute atomic E-state index is 0.115. The number of furan rings is 1. The Labute approximate surface area is 122 Å². The molecule has 0 bridgehead atoms. The molecule has 0 aliphatic carbocycles. The second-order valence-corrected chi connectivity index (χ2v) is 6.80. The van der Waals surface area contributed by atoms with Crippen LogP contribution in [0.4, 0.5) is 0 Å². The van der Waals surface area contributed by atoms with Crippen LogP contribution in [-0.4, -0.2) is 36.7 Å². The lowest BCUT2D eigenvalue weighted by Gasteiger charge is -2.20. The first kappa shape index (κ1) is 15.5. The van der Waals surface area contributed by atoms with Gasteiger partial charge in [-0.15, -0.1) is 0 Å². The van der Waals surface area contributed by atoms with Crippen molar-refractivity contribution in [1.29, 1.82) is 0 Å². The molecule has 1 aromatic rings. The van der Waals surface area contributed by atoms with Crippen LogP contribution in [0.15, 0.2) is 16.5 Å². The maximum absolute atomic E-state index is 5.87. The highest BCUT2D eigenvalue weighted by Crippen LogP contribution is 2.15. The van der Waals surface area contributed by atoms with Crippen molar-refractivity contribution in [2.24, 2.45) is 0 Å². The van der Waals surface area contributed by atoms with E-state index in [4.69, 9.17) is 9.15 Å². The molecular weight excluding hydrogens is 252 g/mol. The van der Waals surface area contributed by atoms with Crippen LogP contribution in [0.2, 0.25) is 0 Å². The van der Waals surface area contributed by atoms with Crippen molar-refractivity contribution in [3.8, 4) is 0 Å². The molecule has 1 N–H and O–H groups in total. The van der Waals surface area contributed by atoms with E-state index < -0.39 is 0 Å². The number of rotatable bonds is 6. The molecule has 1 saturated heterocycles. The van der Waals surface area contributed by atoms with Gasteiger partial charge in [0.25, 0.3) is 0 Å². The minimum Gasteiger partial charge on any atom is -0.463 e. The van der Waals surface area contributed by atoms with Gasteiger partial charge in [0.1, 0.15) is 11.5 Å². The van der Waals surface area contributed by atoms with Gasteiger partial charge in [0.15, 0.2) is 0 Å². The standard InChI is InChI=1S/C16H28N2O2/c1-16(2,3)17-10-13-7-8-15(20-13)12-18(4)11-14-6-5-9-19-14/h7-8,14,17H,5-6,9-12H2,1-4H3. The first-order chi connectivity index (χ1) is 9.42. The van der Waals surface area contributed by atoms with Gasteiger partial charge in [-0.05, 0) is 52.8 Å². The molecule has 2 rings (SSSR count). The maximum atomic E-state index is 5.87. The van der Waals surface area contributed by atoms with Crippen LogP contribution >= 0.6 is 0 Å². The van der Waals surface area contributed by atoms with Gasteiger partial charge in [-0.3, -0.25) is 4.90 Å². The van der Waals surface area contributed by atoms with E-state index >= 15 is 0 Å². The van der Waals surface area contributed by atoms with Crippen molar-refractivity contribution < 1.29 is 9.15 Å². The summed E-state index contributed by atoms with van der Waals surface area (Å²) in [5.41, 5.74) is 0.115. The van der Waals surface area contributed by atoms with Gasteiger partial charge in [0.05, 0.1) is 19.2 Å². The topological polar surface area (TPSA) is 37.6 Å². The fraction of sp³-hybridized carbons (Fsp3) is 0.750. The average Bonchev–Trinajstić information content (AvgIpc) is 2.97. The van der Waals surface area contributed by atoms with Gasteiger partial charge in [0.2, 0.25) is 0 Å². The molecule has 4 nitrogen and oxygen atoms in total. The Kier molecular flexibility index (Phi) is 5.24. The molecule has 0 radical (unpaired) electrons. The molecule has 1 unspecified atom stereocenters. The zero-order chi connectivity index (χ0) is 14.6. The van der Waals surface area contributed by atoms with E-state index in [1.807, 2.05) is 0 Å². The third-order valence-electron chi connectivity index (χ3n) is 3.48. The van der Waals surface area contributed by atoms with Crippen LogP contribution in [-0.2, 0) is 17.8 Å². The molecular formula is C16H28N2O2. The molecule has 2 heterocycles. The number of likely N-dealkylation sites (N-methyl/N-ethyl adjacent to an activating group) is 1. The summed E-state index contributed by atoms with van der Waals surface area (Å²) < 4.78 is 11.5. The van der Waals surface area contributed by atoms with Crippen LogP contribution < -0.4 is 5.32 Å². The van der Waals surface area contributed by atoms with Crippen LogP contribution in [0.3, 0.4) is 0 Å². The first-order valence-electron chi connectivity index (χ1n) is 7.55. The lowest BCUT2D eigenvalue weighted by Crippen LogP contribution is -2.34. The number of ether oxygens (including phenoxy) is 1. The van der Waals surface area contributed by atoms with E-state index in [0.29, 0.717) is 6.10 Å². The third-order valence-corrected chi connectivity index (χ3v) is 3.48. The molecule has 0 amide bonds. The second-order valence-electron chi connectivity index (χ2n) is 6.80. The molecule has 4 heteroatoms. The summed E-state index contributed by atoms with van der Waals surface area (Å²) in [6.07, 6.45) is 2.78. The summed E-state index contributed by atoms with van der Waals surface area (Å²) in [5, 5.41) is 3.44. The average molecular weight is 280 g/mol. The molecule has 114 valence electrons. The van der Waals surface area contributed by atoms with Gasteiger partial charge in [0, 0.05) is 18.7 Å². The smallest absolute Gasteiger partial charge is 0.118 e. The number of nitrogens with zero attached hydrogens (tertiary/aromatic N) is 1. The summed E-state index contributed by atoms with van der Waals surface area (Å²) in [4.78, 5) is 2.27. The van der Waals surface area contributed by atoms with Gasteiger partial charge in [-0.1, -0.05) is 0 Å². The van der Waals surface area contributed by atoms with E-state index in [2.05, 4.69) is 50.2 Å². The minimum atomic E-state index is 0.115. The van der Waals surface area contributed by atoms with Gasteiger partial charge < -0.3 is 14.5 Å². The first-order valence-corrected chi connectivity index (χ1v) is 7.55. The molecule has 1 fully saturated rings.